The highest BCUT2D eigenvalue weighted by atomic mass is 16.5. The van der Waals surface area contributed by atoms with E-state index in [0.717, 1.165) is 12.6 Å². The lowest BCUT2D eigenvalue weighted by Crippen LogP contribution is -2.50. The summed E-state index contributed by atoms with van der Waals surface area (Å²) < 4.78 is 5.97. The molecule has 2 aliphatic rings. The Morgan fingerprint density at radius 3 is 2.44 bits per heavy atom. The molecule has 2 rings (SSSR count). The number of hydrogen-bond acceptors (Lipinski definition) is 3. The monoisotopic (exact) mass is 226 g/mol. The van der Waals surface area contributed by atoms with Gasteiger partial charge in [-0.1, -0.05) is 12.8 Å². The average molecular weight is 226 g/mol. The van der Waals surface area contributed by atoms with Crippen molar-refractivity contribution in [2.24, 2.45) is 5.73 Å². The van der Waals surface area contributed by atoms with Crippen LogP contribution in [0.15, 0.2) is 0 Å². The van der Waals surface area contributed by atoms with Crippen molar-refractivity contribution in [3.05, 3.63) is 0 Å². The van der Waals surface area contributed by atoms with Gasteiger partial charge < -0.3 is 10.5 Å². The topological polar surface area (TPSA) is 38.5 Å². The number of ether oxygens (including phenoxy) is 1. The molecule has 2 N–H and O–H groups in total. The van der Waals surface area contributed by atoms with Crippen LogP contribution in [0.4, 0.5) is 0 Å². The maximum absolute atomic E-state index is 5.97. The SMILES string of the molecule is CC1CCC(C(CN)N(C)C2CCCC2)O1. The van der Waals surface area contributed by atoms with E-state index in [1.807, 2.05) is 0 Å². The smallest absolute Gasteiger partial charge is 0.0747 e. The number of hydrogen-bond donors (Lipinski definition) is 1. The predicted molar refractivity (Wildman–Crippen MR) is 66.4 cm³/mol. The highest BCUT2D eigenvalue weighted by molar-refractivity contribution is 4.88. The fourth-order valence-corrected chi connectivity index (χ4v) is 3.28. The van der Waals surface area contributed by atoms with Gasteiger partial charge in [-0.25, -0.2) is 0 Å². The molecule has 3 nitrogen and oxygen atoms in total. The first kappa shape index (κ1) is 12.3. The van der Waals surface area contributed by atoms with Gasteiger partial charge in [0.2, 0.25) is 0 Å². The fraction of sp³-hybridized carbons (Fsp3) is 1.00. The zero-order valence-corrected chi connectivity index (χ0v) is 10.7. The van der Waals surface area contributed by atoms with Crippen LogP contribution in [-0.2, 0) is 4.74 Å². The normalized spacial score (nSPS) is 33.8. The Balaban J connectivity index is 1.92. The molecule has 3 unspecified atom stereocenters. The van der Waals surface area contributed by atoms with E-state index in [1.165, 1.54) is 38.5 Å². The Hall–Kier alpha value is -0.120. The lowest BCUT2D eigenvalue weighted by molar-refractivity contribution is -0.00785. The van der Waals surface area contributed by atoms with Crippen LogP contribution in [0.3, 0.4) is 0 Å². The van der Waals surface area contributed by atoms with Crippen molar-refractivity contribution in [1.82, 2.24) is 4.90 Å². The largest absolute Gasteiger partial charge is 0.374 e. The van der Waals surface area contributed by atoms with E-state index in [2.05, 4.69) is 18.9 Å². The third-order valence-corrected chi connectivity index (χ3v) is 4.36. The lowest BCUT2D eigenvalue weighted by Gasteiger charge is -2.35. The summed E-state index contributed by atoms with van der Waals surface area (Å²) in [5.41, 5.74) is 5.94. The van der Waals surface area contributed by atoms with Crippen LogP contribution >= 0.6 is 0 Å². The fourth-order valence-electron chi connectivity index (χ4n) is 3.28. The lowest BCUT2D eigenvalue weighted by atomic mass is 10.0. The second-order valence-electron chi connectivity index (χ2n) is 5.47. The molecule has 0 spiro atoms. The third kappa shape index (κ3) is 2.58. The molecule has 16 heavy (non-hydrogen) atoms. The molecule has 2 fully saturated rings. The predicted octanol–water partition coefficient (Wildman–Crippen LogP) is 1.76. The molecule has 0 aromatic rings. The molecule has 0 aromatic carbocycles. The molecule has 0 aromatic heterocycles. The molecule has 1 saturated carbocycles. The van der Waals surface area contributed by atoms with E-state index in [-0.39, 0.29) is 0 Å². The minimum absolute atomic E-state index is 0.366. The van der Waals surface area contributed by atoms with Gasteiger partial charge in [-0.15, -0.1) is 0 Å². The molecular formula is C13H26N2O. The standard InChI is InChI=1S/C13H26N2O/c1-10-7-8-13(16-10)12(9-14)15(2)11-5-3-4-6-11/h10-13H,3-9,14H2,1-2H3. The quantitative estimate of drug-likeness (QED) is 0.794. The summed E-state index contributed by atoms with van der Waals surface area (Å²) in [6, 6.07) is 1.17. The summed E-state index contributed by atoms with van der Waals surface area (Å²) in [5.74, 6) is 0. The molecule has 3 atom stereocenters. The Kier molecular flexibility index (Phi) is 4.22. The van der Waals surface area contributed by atoms with Crippen molar-refractivity contribution >= 4 is 0 Å². The summed E-state index contributed by atoms with van der Waals surface area (Å²) in [5, 5.41) is 0. The van der Waals surface area contributed by atoms with Crippen molar-refractivity contribution in [3.63, 3.8) is 0 Å². The zero-order valence-electron chi connectivity index (χ0n) is 10.7. The van der Waals surface area contributed by atoms with E-state index >= 15 is 0 Å². The van der Waals surface area contributed by atoms with Crippen molar-refractivity contribution < 1.29 is 4.74 Å². The van der Waals surface area contributed by atoms with Crippen molar-refractivity contribution in [2.45, 2.75) is 69.7 Å². The highest BCUT2D eigenvalue weighted by Crippen LogP contribution is 2.29. The molecule has 0 radical (unpaired) electrons. The van der Waals surface area contributed by atoms with Gasteiger partial charge in [-0.05, 0) is 39.7 Å². The molecule has 1 aliphatic heterocycles. The minimum Gasteiger partial charge on any atom is -0.374 e. The summed E-state index contributed by atoms with van der Waals surface area (Å²) in [6.45, 7) is 2.90. The van der Waals surface area contributed by atoms with Gasteiger partial charge in [-0.3, -0.25) is 4.90 Å². The van der Waals surface area contributed by atoms with E-state index in [1.54, 1.807) is 0 Å². The Morgan fingerprint density at radius 2 is 1.94 bits per heavy atom. The molecule has 1 saturated heterocycles. The third-order valence-electron chi connectivity index (χ3n) is 4.36. The van der Waals surface area contributed by atoms with Crippen LogP contribution in [0, 0.1) is 0 Å². The van der Waals surface area contributed by atoms with Crippen molar-refractivity contribution in [1.29, 1.82) is 0 Å². The number of nitrogens with two attached hydrogens (primary N) is 1. The average Bonchev–Trinajstić information content (AvgIpc) is 2.90. The minimum atomic E-state index is 0.366. The van der Waals surface area contributed by atoms with Gasteiger partial charge in [0, 0.05) is 18.6 Å². The molecular weight excluding hydrogens is 200 g/mol. The summed E-state index contributed by atoms with van der Waals surface area (Å²) in [7, 11) is 2.24. The number of likely N-dealkylation sites (N-methyl/N-ethyl adjacent to an activating group) is 1. The van der Waals surface area contributed by atoms with Gasteiger partial charge in [0.25, 0.3) is 0 Å². The van der Waals surface area contributed by atoms with Crippen LogP contribution in [0.2, 0.25) is 0 Å². The van der Waals surface area contributed by atoms with Gasteiger partial charge in [0.05, 0.1) is 12.2 Å². The summed E-state index contributed by atoms with van der Waals surface area (Å²) >= 11 is 0. The zero-order chi connectivity index (χ0) is 11.5. The molecule has 1 heterocycles. The Labute approximate surface area is 99.3 Å². The number of nitrogens with zero attached hydrogens (tertiary/aromatic N) is 1. The Morgan fingerprint density at radius 1 is 1.25 bits per heavy atom. The maximum Gasteiger partial charge on any atom is 0.0747 e. The second-order valence-corrected chi connectivity index (χ2v) is 5.47. The molecule has 0 bridgehead atoms. The van der Waals surface area contributed by atoms with Gasteiger partial charge in [0.15, 0.2) is 0 Å². The first-order chi connectivity index (χ1) is 7.72. The van der Waals surface area contributed by atoms with Crippen molar-refractivity contribution in [3.8, 4) is 0 Å². The van der Waals surface area contributed by atoms with Crippen LogP contribution in [-0.4, -0.2) is 42.8 Å². The van der Waals surface area contributed by atoms with Gasteiger partial charge in [-0.2, -0.15) is 0 Å². The van der Waals surface area contributed by atoms with Gasteiger partial charge >= 0.3 is 0 Å². The van der Waals surface area contributed by atoms with Crippen molar-refractivity contribution in [2.75, 3.05) is 13.6 Å². The molecule has 1 aliphatic carbocycles. The van der Waals surface area contributed by atoms with Crippen LogP contribution in [0.25, 0.3) is 0 Å². The summed E-state index contributed by atoms with van der Waals surface area (Å²) in [4.78, 5) is 2.50. The molecule has 3 heteroatoms. The first-order valence-corrected chi connectivity index (χ1v) is 6.80. The van der Waals surface area contributed by atoms with E-state index in [0.29, 0.717) is 18.2 Å². The maximum atomic E-state index is 5.97. The second kappa shape index (κ2) is 5.48. The van der Waals surface area contributed by atoms with Gasteiger partial charge in [0.1, 0.15) is 0 Å². The Bertz CT molecular complexity index is 216. The van der Waals surface area contributed by atoms with E-state index in [4.69, 9.17) is 10.5 Å². The van der Waals surface area contributed by atoms with Crippen LogP contribution in [0.5, 0.6) is 0 Å². The number of rotatable bonds is 4. The highest BCUT2D eigenvalue weighted by Gasteiger charge is 2.34. The summed E-state index contributed by atoms with van der Waals surface area (Å²) in [6.07, 6.45) is 8.62. The first-order valence-electron chi connectivity index (χ1n) is 6.80. The van der Waals surface area contributed by atoms with E-state index in [9.17, 15) is 0 Å². The molecule has 0 amide bonds. The van der Waals surface area contributed by atoms with E-state index < -0.39 is 0 Å². The van der Waals surface area contributed by atoms with Crippen LogP contribution in [0.1, 0.15) is 45.4 Å². The van der Waals surface area contributed by atoms with Crippen LogP contribution < -0.4 is 5.73 Å². The molecule has 94 valence electrons.